The van der Waals surface area contributed by atoms with E-state index in [2.05, 4.69) is 4.90 Å². The van der Waals surface area contributed by atoms with Crippen LogP contribution < -0.4 is 9.64 Å². The Hall–Kier alpha value is -1.73. The summed E-state index contributed by atoms with van der Waals surface area (Å²) in [5.41, 5.74) is 1.04. The summed E-state index contributed by atoms with van der Waals surface area (Å²) in [5, 5.41) is 27.7. The van der Waals surface area contributed by atoms with E-state index in [0.717, 1.165) is 24.3 Å². The summed E-state index contributed by atoms with van der Waals surface area (Å²) < 4.78 is 5.17. The molecule has 0 saturated heterocycles. The molecule has 3 N–H and O–H groups in total. The van der Waals surface area contributed by atoms with Crippen molar-refractivity contribution in [1.29, 1.82) is 0 Å². The van der Waals surface area contributed by atoms with Crippen molar-refractivity contribution in [3.8, 4) is 5.75 Å². The number of hydrogen-bond acceptors (Lipinski definition) is 5. The largest absolute Gasteiger partial charge is 0.497 e. The quantitative estimate of drug-likeness (QED) is 0.623. The third kappa shape index (κ3) is 5.65. The highest BCUT2D eigenvalue weighted by molar-refractivity contribution is 6.40. The lowest BCUT2D eigenvalue weighted by molar-refractivity contribution is -0.145. The Kier molecular flexibility index (Phi) is 7.14. The lowest BCUT2D eigenvalue weighted by atomic mass is 9.70. The number of hydrogen-bond donors (Lipinski definition) is 3. The minimum Gasteiger partial charge on any atom is -0.497 e. The molecule has 1 saturated carbocycles. The Morgan fingerprint density at radius 1 is 1.28 bits per heavy atom. The van der Waals surface area contributed by atoms with E-state index in [9.17, 15) is 9.90 Å². The number of methoxy groups -OCH3 is 1. The van der Waals surface area contributed by atoms with Crippen molar-refractivity contribution in [2.24, 2.45) is 17.8 Å². The molecule has 0 bridgehead atoms. The van der Waals surface area contributed by atoms with Crippen LogP contribution in [0.3, 0.4) is 0 Å². The normalized spacial score (nSPS) is 23.1. The monoisotopic (exact) mass is 349 g/mol. The highest BCUT2D eigenvalue weighted by Crippen LogP contribution is 2.37. The number of carbonyl (C=O) groups is 1. The topological polar surface area (TPSA) is 90.2 Å². The molecule has 0 radical (unpaired) electrons. The molecule has 6 nitrogen and oxygen atoms in total. The van der Waals surface area contributed by atoms with E-state index >= 15 is 0 Å². The highest BCUT2D eigenvalue weighted by atomic mass is 16.5. The molecular weight excluding hydrogens is 321 g/mol. The van der Waals surface area contributed by atoms with Crippen LogP contribution in [-0.2, 0) is 4.79 Å². The lowest BCUT2D eigenvalue weighted by Crippen LogP contribution is -2.38. The van der Waals surface area contributed by atoms with Gasteiger partial charge in [-0.05, 0) is 55.3 Å². The second kappa shape index (κ2) is 9.11. The minimum atomic E-state index is -1.30. The number of nitrogens with zero attached hydrogens (tertiary/aromatic N) is 1. The van der Waals surface area contributed by atoms with Crippen molar-refractivity contribution in [3.05, 3.63) is 24.3 Å². The van der Waals surface area contributed by atoms with Crippen LogP contribution in [0.2, 0.25) is 6.32 Å². The fourth-order valence-electron chi connectivity index (χ4n) is 3.78. The van der Waals surface area contributed by atoms with Gasteiger partial charge >= 0.3 is 13.1 Å². The van der Waals surface area contributed by atoms with Gasteiger partial charge in [0.2, 0.25) is 0 Å². The highest BCUT2D eigenvalue weighted by Gasteiger charge is 2.36. The maximum absolute atomic E-state index is 11.7. The number of aliphatic carboxylic acids is 1. The van der Waals surface area contributed by atoms with Crippen molar-refractivity contribution in [1.82, 2.24) is 0 Å². The zero-order valence-electron chi connectivity index (χ0n) is 15.0. The first kappa shape index (κ1) is 19.6. The van der Waals surface area contributed by atoms with Crippen LogP contribution in [0, 0.1) is 17.8 Å². The Balaban J connectivity index is 1.96. The van der Waals surface area contributed by atoms with Crippen LogP contribution >= 0.6 is 0 Å². The van der Waals surface area contributed by atoms with Crippen molar-refractivity contribution < 1.29 is 24.7 Å². The third-order valence-electron chi connectivity index (χ3n) is 5.27. The first-order valence-electron chi connectivity index (χ1n) is 8.84. The predicted octanol–water partition coefficient (Wildman–Crippen LogP) is 2.11. The summed E-state index contributed by atoms with van der Waals surface area (Å²) in [6.07, 6.45) is 3.39. The average molecular weight is 349 g/mol. The predicted molar refractivity (Wildman–Crippen MR) is 97.8 cm³/mol. The molecule has 7 heteroatoms. The van der Waals surface area contributed by atoms with Crippen molar-refractivity contribution >= 4 is 18.8 Å². The summed E-state index contributed by atoms with van der Waals surface area (Å²) in [6.45, 7) is 0.693. The number of ether oxygens (including phenoxy) is 1. The Morgan fingerprint density at radius 3 is 2.52 bits per heavy atom. The van der Waals surface area contributed by atoms with E-state index in [1.165, 1.54) is 0 Å². The van der Waals surface area contributed by atoms with Crippen LogP contribution in [0.5, 0.6) is 5.75 Å². The summed E-state index contributed by atoms with van der Waals surface area (Å²) in [6, 6.07) is 7.75. The van der Waals surface area contributed by atoms with Crippen LogP contribution in [0.4, 0.5) is 5.69 Å². The Morgan fingerprint density at radius 2 is 1.96 bits per heavy atom. The molecular formula is C18H28BNO5. The SMILES string of the molecule is COc1ccc(N(C)CC2CC[C@@H](CCB(O)O)CC2C(=O)O)cc1. The molecule has 2 rings (SSSR count). The van der Waals surface area contributed by atoms with Gasteiger partial charge in [-0.25, -0.2) is 0 Å². The van der Waals surface area contributed by atoms with Gasteiger partial charge in [-0.2, -0.15) is 0 Å². The van der Waals surface area contributed by atoms with Crippen LogP contribution in [0.15, 0.2) is 24.3 Å². The summed E-state index contributed by atoms with van der Waals surface area (Å²) in [5.74, 6) is 0.0233. The van der Waals surface area contributed by atoms with E-state index in [4.69, 9.17) is 14.8 Å². The van der Waals surface area contributed by atoms with Gasteiger partial charge in [-0.15, -0.1) is 0 Å². The second-order valence-corrected chi connectivity index (χ2v) is 7.02. The molecule has 0 aromatic heterocycles. The van der Waals surface area contributed by atoms with E-state index in [1.807, 2.05) is 31.3 Å². The van der Waals surface area contributed by atoms with E-state index in [-0.39, 0.29) is 17.8 Å². The molecule has 1 aliphatic carbocycles. The van der Waals surface area contributed by atoms with E-state index in [1.54, 1.807) is 7.11 Å². The molecule has 0 amide bonds. The molecule has 0 heterocycles. The maximum atomic E-state index is 11.7. The number of carboxylic acids is 1. The molecule has 25 heavy (non-hydrogen) atoms. The summed E-state index contributed by atoms with van der Waals surface area (Å²) >= 11 is 0. The molecule has 0 aliphatic heterocycles. The molecule has 138 valence electrons. The lowest BCUT2D eigenvalue weighted by Gasteiger charge is -2.36. The first-order chi connectivity index (χ1) is 11.9. The third-order valence-corrected chi connectivity index (χ3v) is 5.27. The van der Waals surface area contributed by atoms with Gasteiger partial charge in [-0.3, -0.25) is 4.79 Å². The van der Waals surface area contributed by atoms with Crippen molar-refractivity contribution in [3.63, 3.8) is 0 Å². The molecule has 1 aromatic carbocycles. The Labute approximate surface area is 149 Å². The molecule has 1 aromatic rings. The summed E-state index contributed by atoms with van der Waals surface area (Å²) in [7, 11) is 2.31. The molecule has 3 atom stereocenters. The molecule has 0 spiro atoms. The van der Waals surface area contributed by atoms with Gasteiger partial charge in [0.15, 0.2) is 0 Å². The number of anilines is 1. The smallest absolute Gasteiger partial charge is 0.451 e. The zero-order chi connectivity index (χ0) is 18.4. The number of carboxylic acid groups (broad SMARTS) is 1. The van der Waals surface area contributed by atoms with Gasteiger partial charge in [-0.1, -0.05) is 12.8 Å². The molecule has 1 aliphatic rings. The van der Waals surface area contributed by atoms with Crippen LogP contribution in [0.1, 0.15) is 25.7 Å². The van der Waals surface area contributed by atoms with Gasteiger partial charge in [0, 0.05) is 19.3 Å². The number of rotatable bonds is 8. The van der Waals surface area contributed by atoms with Crippen molar-refractivity contribution in [2.45, 2.75) is 32.0 Å². The fraction of sp³-hybridized carbons (Fsp3) is 0.611. The van der Waals surface area contributed by atoms with Gasteiger partial charge in [0.05, 0.1) is 13.0 Å². The van der Waals surface area contributed by atoms with Crippen LogP contribution in [0.25, 0.3) is 0 Å². The van der Waals surface area contributed by atoms with Gasteiger partial charge < -0.3 is 24.8 Å². The summed E-state index contributed by atoms with van der Waals surface area (Å²) in [4.78, 5) is 13.8. The van der Waals surface area contributed by atoms with Gasteiger partial charge in [0.25, 0.3) is 0 Å². The second-order valence-electron chi connectivity index (χ2n) is 7.02. The van der Waals surface area contributed by atoms with Crippen LogP contribution in [-0.4, -0.2) is 48.9 Å². The Bertz CT molecular complexity index is 551. The van der Waals surface area contributed by atoms with E-state index in [0.29, 0.717) is 25.7 Å². The first-order valence-corrected chi connectivity index (χ1v) is 8.84. The maximum Gasteiger partial charge on any atom is 0.451 e. The fourth-order valence-corrected chi connectivity index (χ4v) is 3.78. The van der Waals surface area contributed by atoms with Gasteiger partial charge in [0.1, 0.15) is 5.75 Å². The van der Waals surface area contributed by atoms with Crippen molar-refractivity contribution in [2.75, 3.05) is 25.6 Å². The molecule has 2 unspecified atom stereocenters. The molecule has 1 fully saturated rings. The standard InChI is InChI=1S/C18H28BNO5/c1-20(15-5-7-16(25-2)8-6-15)12-14-4-3-13(9-10-19(23)24)11-17(14)18(21)22/h5-8,13-14,17,23-24H,3-4,9-12H2,1-2H3,(H,21,22)/t13-,14?,17?/m0/s1. The number of benzene rings is 1. The zero-order valence-corrected chi connectivity index (χ0v) is 15.0. The minimum absolute atomic E-state index is 0.0971. The van der Waals surface area contributed by atoms with E-state index < -0.39 is 13.1 Å². The average Bonchev–Trinajstić information content (AvgIpc) is 2.60.